The van der Waals surface area contributed by atoms with Gasteiger partial charge in [0.15, 0.2) is 0 Å². The van der Waals surface area contributed by atoms with Crippen molar-refractivity contribution in [1.82, 2.24) is 0 Å². The topological polar surface area (TPSA) is 29.5 Å². The molecule has 0 aliphatic carbocycles. The third kappa shape index (κ3) is 1.55. The van der Waals surface area contributed by atoms with E-state index < -0.39 is 0 Å². The molecular weight excluding hydrogens is 216 g/mol. The average Bonchev–Trinajstić information content (AvgIpc) is 2.49. The molecule has 2 rings (SSSR count). The number of phenols is 1. The first kappa shape index (κ1) is 9.68. The van der Waals surface area contributed by atoms with Crippen molar-refractivity contribution in [3.05, 3.63) is 17.5 Å². The molecule has 0 aliphatic rings. The Labute approximate surface area is 91.5 Å². The molecule has 0 spiro atoms. The van der Waals surface area contributed by atoms with Crippen LogP contribution >= 0.6 is 24.0 Å². The highest BCUT2D eigenvalue weighted by molar-refractivity contribution is 7.80. The lowest BCUT2D eigenvalue weighted by molar-refractivity contribution is 0.338. The van der Waals surface area contributed by atoms with Crippen LogP contribution in [0.2, 0.25) is 0 Å². The van der Waals surface area contributed by atoms with Crippen LogP contribution in [-0.4, -0.2) is 11.7 Å². The number of thiophene rings is 1. The van der Waals surface area contributed by atoms with Crippen molar-refractivity contribution in [2.75, 3.05) is 6.61 Å². The lowest BCUT2D eigenvalue weighted by atomic mass is 10.2. The predicted molar refractivity (Wildman–Crippen MR) is 61.9 cm³/mol. The molecule has 0 bridgehead atoms. The molecule has 14 heavy (non-hydrogen) atoms. The van der Waals surface area contributed by atoms with Crippen LogP contribution in [-0.2, 0) is 0 Å². The number of hydrogen-bond donors (Lipinski definition) is 2. The fourth-order valence-electron chi connectivity index (χ4n) is 1.33. The number of phenolic OH excluding ortho intramolecular Hbond substituents is 1. The monoisotopic (exact) mass is 226 g/mol. The smallest absolute Gasteiger partial charge is 0.137 e. The summed E-state index contributed by atoms with van der Waals surface area (Å²) in [5.74, 6) is 0.947. The zero-order valence-electron chi connectivity index (χ0n) is 7.65. The van der Waals surface area contributed by atoms with E-state index in [1.807, 2.05) is 18.4 Å². The molecule has 1 N–H and O–H groups in total. The van der Waals surface area contributed by atoms with Gasteiger partial charge in [0, 0.05) is 21.7 Å². The van der Waals surface area contributed by atoms with E-state index in [4.69, 9.17) is 4.74 Å². The quantitative estimate of drug-likeness (QED) is 0.769. The molecule has 1 aromatic carbocycles. The molecule has 0 unspecified atom stereocenters. The van der Waals surface area contributed by atoms with E-state index in [1.165, 1.54) is 11.3 Å². The molecule has 4 heteroatoms. The molecule has 2 nitrogen and oxygen atoms in total. The molecule has 1 heterocycles. The zero-order valence-corrected chi connectivity index (χ0v) is 9.36. The van der Waals surface area contributed by atoms with E-state index in [1.54, 1.807) is 6.07 Å². The number of benzene rings is 1. The highest BCUT2D eigenvalue weighted by Crippen LogP contribution is 2.38. The van der Waals surface area contributed by atoms with Gasteiger partial charge < -0.3 is 9.84 Å². The van der Waals surface area contributed by atoms with Gasteiger partial charge in [0.05, 0.1) is 11.3 Å². The summed E-state index contributed by atoms with van der Waals surface area (Å²) in [5.41, 5.74) is 0. The van der Waals surface area contributed by atoms with E-state index in [0.29, 0.717) is 12.4 Å². The van der Waals surface area contributed by atoms with E-state index in [9.17, 15) is 5.11 Å². The van der Waals surface area contributed by atoms with Crippen LogP contribution in [0.5, 0.6) is 11.5 Å². The SMILES string of the molecule is CCOc1cc(O)c2scc(S)c2c1. The second kappa shape index (κ2) is 3.71. The second-order valence-corrected chi connectivity index (χ2v) is 4.23. The fraction of sp³-hybridized carbons (Fsp3) is 0.200. The highest BCUT2D eigenvalue weighted by atomic mass is 32.1. The van der Waals surface area contributed by atoms with Gasteiger partial charge in [-0.25, -0.2) is 0 Å². The van der Waals surface area contributed by atoms with Crippen LogP contribution in [0.15, 0.2) is 22.4 Å². The number of fused-ring (bicyclic) bond motifs is 1. The summed E-state index contributed by atoms with van der Waals surface area (Å²) in [6, 6.07) is 3.53. The van der Waals surface area contributed by atoms with Crippen molar-refractivity contribution in [3.8, 4) is 11.5 Å². The molecule has 0 amide bonds. The maximum atomic E-state index is 9.69. The zero-order chi connectivity index (χ0) is 10.1. The van der Waals surface area contributed by atoms with Gasteiger partial charge in [-0.2, -0.15) is 0 Å². The Morgan fingerprint density at radius 1 is 1.50 bits per heavy atom. The Balaban J connectivity index is 2.63. The molecule has 74 valence electrons. The van der Waals surface area contributed by atoms with Gasteiger partial charge in [0.2, 0.25) is 0 Å². The number of aromatic hydroxyl groups is 1. The van der Waals surface area contributed by atoms with Crippen LogP contribution in [0.4, 0.5) is 0 Å². The standard InChI is InChI=1S/C10H10O2S2/c1-2-12-6-3-7-9(13)5-14-10(7)8(11)4-6/h3-5,11,13H,2H2,1H3. The largest absolute Gasteiger partial charge is 0.506 e. The van der Waals surface area contributed by atoms with Crippen LogP contribution in [0, 0.1) is 0 Å². The second-order valence-electron chi connectivity index (χ2n) is 2.87. The summed E-state index contributed by atoms with van der Waals surface area (Å²) in [4.78, 5) is 0.877. The van der Waals surface area contributed by atoms with Crippen molar-refractivity contribution in [2.24, 2.45) is 0 Å². The van der Waals surface area contributed by atoms with Crippen LogP contribution < -0.4 is 4.74 Å². The van der Waals surface area contributed by atoms with Crippen molar-refractivity contribution in [3.63, 3.8) is 0 Å². The van der Waals surface area contributed by atoms with Crippen molar-refractivity contribution < 1.29 is 9.84 Å². The van der Waals surface area contributed by atoms with E-state index in [-0.39, 0.29) is 5.75 Å². The predicted octanol–water partition coefficient (Wildman–Crippen LogP) is 3.29. The number of hydrogen-bond acceptors (Lipinski definition) is 4. The van der Waals surface area contributed by atoms with Crippen LogP contribution in [0.1, 0.15) is 6.92 Å². The van der Waals surface area contributed by atoms with Gasteiger partial charge >= 0.3 is 0 Å². The Morgan fingerprint density at radius 2 is 2.29 bits per heavy atom. The van der Waals surface area contributed by atoms with Crippen LogP contribution in [0.3, 0.4) is 0 Å². The Hall–Kier alpha value is -0.870. The summed E-state index contributed by atoms with van der Waals surface area (Å²) >= 11 is 5.79. The first-order valence-electron chi connectivity index (χ1n) is 4.28. The average molecular weight is 226 g/mol. The number of thiol groups is 1. The van der Waals surface area contributed by atoms with Crippen molar-refractivity contribution in [1.29, 1.82) is 0 Å². The fourth-order valence-corrected chi connectivity index (χ4v) is 2.57. The molecule has 2 aromatic rings. The van der Waals surface area contributed by atoms with Gasteiger partial charge in [0.25, 0.3) is 0 Å². The highest BCUT2D eigenvalue weighted by Gasteiger charge is 2.07. The summed E-state index contributed by atoms with van der Waals surface area (Å²) in [6.07, 6.45) is 0. The Kier molecular flexibility index (Phi) is 2.56. The van der Waals surface area contributed by atoms with Gasteiger partial charge in [0.1, 0.15) is 11.5 Å². The molecule has 0 saturated heterocycles. The summed E-state index contributed by atoms with van der Waals surface area (Å²) in [7, 11) is 0. The minimum atomic E-state index is 0.260. The third-order valence-electron chi connectivity index (χ3n) is 1.92. The molecule has 0 radical (unpaired) electrons. The van der Waals surface area contributed by atoms with E-state index >= 15 is 0 Å². The lowest BCUT2D eigenvalue weighted by Gasteiger charge is -2.04. The maximum absolute atomic E-state index is 9.69. The summed E-state index contributed by atoms with van der Waals surface area (Å²) in [6.45, 7) is 2.51. The van der Waals surface area contributed by atoms with Gasteiger partial charge in [-0.05, 0) is 13.0 Å². The summed E-state index contributed by atoms with van der Waals surface area (Å²) in [5, 5.41) is 12.5. The molecule has 1 aromatic heterocycles. The normalized spacial score (nSPS) is 10.7. The summed E-state index contributed by atoms with van der Waals surface area (Å²) < 4.78 is 6.19. The van der Waals surface area contributed by atoms with E-state index in [0.717, 1.165) is 15.0 Å². The Morgan fingerprint density at radius 3 is 3.00 bits per heavy atom. The molecule has 0 fully saturated rings. The Bertz CT molecular complexity index is 462. The molecule has 0 aliphatic heterocycles. The van der Waals surface area contributed by atoms with E-state index in [2.05, 4.69) is 12.6 Å². The minimum Gasteiger partial charge on any atom is -0.506 e. The lowest BCUT2D eigenvalue weighted by Crippen LogP contribution is -1.90. The van der Waals surface area contributed by atoms with Gasteiger partial charge in [-0.1, -0.05) is 0 Å². The number of ether oxygens (including phenoxy) is 1. The third-order valence-corrected chi connectivity index (χ3v) is 3.48. The number of rotatable bonds is 2. The molecule has 0 saturated carbocycles. The first-order chi connectivity index (χ1) is 6.72. The maximum Gasteiger partial charge on any atom is 0.137 e. The first-order valence-corrected chi connectivity index (χ1v) is 5.61. The van der Waals surface area contributed by atoms with Crippen molar-refractivity contribution >= 4 is 34.1 Å². The van der Waals surface area contributed by atoms with Crippen LogP contribution in [0.25, 0.3) is 10.1 Å². The van der Waals surface area contributed by atoms with Gasteiger partial charge in [-0.15, -0.1) is 24.0 Å². The van der Waals surface area contributed by atoms with Crippen molar-refractivity contribution in [2.45, 2.75) is 11.8 Å². The van der Waals surface area contributed by atoms with Gasteiger partial charge in [-0.3, -0.25) is 0 Å². The molecule has 0 atom stereocenters. The minimum absolute atomic E-state index is 0.260. The molecular formula is C10H10O2S2.